The molecule has 2 rings (SSSR count). The van der Waals surface area contributed by atoms with E-state index in [1.807, 2.05) is 6.92 Å². The molecule has 0 radical (unpaired) electrons. The first-order chi connectivity index (χ1) is 9.92. The molecule has 122 valence electrons. The molecule has 22 heavy (non-hydrogen) atoms. The molecule has 1 heterocycles. The van der Waals surface area contributed by atoms with Crippen LogP contribution in [0.3, 0.4) is 0 Å². The van der Waals surface area contributed by atoms with Gasteiger partial charge in [-0.25, -0.2) is 12.8 Å². The van der Waals surface area contributed by atoms with Crippen molar-refractivity contribution < 1.29 is 12.8 Å². The van der Waals surface area contributed by atoms with E-state index in [2.05, 4.69) is 18.8 Å². The number of aromatic nitrogens is 1. The van der Waals surface area contributed by atoms with Crippen molar-refractivity contribution in [2.75, 3.05) is 12.0 Å². The number of sulfone groups is 1. The molecule has 0 aliphatic carbocycles. The van der Waals surface area contributed by atoms with Crippen LogP contribution in [0.15, 0.2) is 12.1 Å². The van der Waals surface area contributed by atoms with Crippen molar-refractivity contribution in [3.05, 3.63) is 34.8 Å². The quantitative estimate of drug-likeness (QED) is 0.921. The van der Waals surface area contributed by atoms with Gasteiger partial charge >= 0.3 is 0 Å². The number of rotatable bonds is 4. The summed E-state index contributed by atoms with van der Waals surface area (Å²) in [4.78, 5) is 3.35. The standard InChI is InChI=1S/C17H24FNO2S/c1-10(2)16-11(3)12-7-14(18)13(8-15(12)19-16)17(4,5)9-22(6,20)21/h7-8,10,19H,9H2,1-6H3. The van der Waals surface area contributed by atoms with Crippen molar-refractivity contribution in [1.29, 1.82) is 0 Å². The first kappa shape index (κ1) is 17.0. The topological polar surface area (TPSA) is 49.9 Å². The van der Waals surface area contributed by atoms with Crippen molar-refractivity contribution in [2.45, 2.75) is 46.0 Å². The maximum atomic E-state index is 14.6. The van der Waals surface area contributed by atoms with Crippen LogP contribution in [0.5, 0.6) is 0 Å². The van der Waals surface area contributed by atoms with Crippen molar-refractivity contribution in [2.24, 2.45) is 0 Å². The van der Waals surface area contributed by atoms with Crippen LogP contribution in [-0.4, -0.2) is 25.4 Å². The molecule has 5 heteroatoms. The normalized spacial score (nSPS) is 13.3. The first-order valence-corrected chi connectivity index (χ1v) is 9.48. The van der Waals surface area contributed by atoms with Crippen LogP contribution in [0.4, 0.5) is 4.39 Å². The summed E-state index contributed by atoms with van der Waals surface area (Å²) in [5.74, 6) is -0.111. The Morgan fingerprint density at radius 2 is 1.86 bits per heavy atom. The van der Waals surface area contributed by atoms with Gasteiger partial charge in [-0.3, -0.25) is 0 Å². The van der Waals surface area contributed by atoms with E-state index in [0.29, 0.717) is 11.5 Å². The Morgan fingerprint density at radius 1 is 1.27 bits per heavy atom. The lowest BCUT2D eigenvalue weighted by atomic mass is 9.85. The zero-order valence-corrected chi connectivity index (χ0v) is 14.9. The lowest BCUT2D eigenvalue weighted by molar-refractivity contribution is 0.514. The van der Waals surface area contributed by atoms with Crippen LogP contribution >= 0.6 is 0 Å². The van der Waals surface area contributed by atoms with E-state index in [1.165, 1.54) is 12.3 Å². The minimum Gasteiger partial charge on any atom is -0.358 e. The minimum absolute atomic E-state index is 0.0842. The average molecular weight is 325 g/mol. The molecule has 0 aliphatic heterocycles. The molecule has 0 aliphatic rings. The maximum Gasteiger partial charge on any atom is 0.148 e. The molecule has 0 unspecified atom stereocenters. The van der Waals surface area contributed by atoms with E-state index in [-0.39, 0.29) is 11.6 Å². The molecule has 0 fully saturated rings. The number of benzene rings is 1. The molecule has 3 nitrogen and oxygen atoms in total. The van der Waals surface area contributed by atoms with Gasteiger partial charge in [0.25, 0.3) is 0 Å². The zero-order valence-electron chi connectivity index (χ0n) is 14.0. The number of halogens is 1. The highest BCUT2D eigenvalue weighted by molar-refractivity contribution is 7.90. The maximum absolute atomic E-state index is 14.6. The Hall–Kier alpha value is -1.36. The molecule has 0 amide bonds. The van der Waals surface area contributed by atoms with Gasteiger partial charge in [0.2, 0.25) is 0 Å². The second-order valence-electron chi connectivity index (χ2n) is 7.15. The van der Waals surface area contributed by atoms with Crippen LogP contribution in [0.2, 0.25) is 0 Å². The summed E-state index contributed by atoms with van der Waals surface area (Å²) in [6.45, 7) is 9.68. The molecular formula is C17H24FNO2S. The Morgan fingerprint density at radius 3 is 2.36 bits per heavy atom. The van der Waals surface area contributed by atoms with Gasteiger partial charge in [0.15, 0.2) is 0 Å². The highest BCUT2D eigenvalue weighted by atomic mass is 32.2. The molecule has 0 saturated heterocycles. The number of hydrogen-bond acceptors (Lipinski definition) is 2. The predicted octanol–water partition coefficient (Wildman–Crippen LogP) is 4.06. The number of fused-ring (bicyclic) bond motifs is 1. The smallest absolute Gasteiger partial charge is 0.148 e. The second kappa shape index (κ2) is 5.37. The van der Waals surface area contributed by atoms with Crippen molar-refractivity contribution in [1.82, 2.24) is 4.98 Å². The van der Waals surface area contributed by atoms with E-state index < -0.39 is 15.3 Å². The lowest BCUT2D eigenvalue weighted by Crippen LogP contribution is -2.28. The SMILES string of the molecule is Cc1c(C(C)C)[nH]c2cc(C(C)(C)CS(C)(=O)=O)c(F)cc12. The fourth-order valence-corrected chi connectivity index (χ4v) is 4.67. The molecule has 1 aromatic carbocycles. The summed E-state index contributed by atoms with van der Waals surface area (Å²) in [5.41, 5.74) is 2.66. The molecule has 0 spiro atoms. The van der Waals surface area contributed by atoms with E-state index in [1.54, 1.807) is 19.9 Å². The molecule has 0 atom stereocenters. The van der Waals surface area contributed by atoms with Crippen molar-refractivity contribution >= 4 is 20.7 Å². The average Bonchev–Trinajstić information content (AvgIpc) is 2.62. The summed E-state index contributed by atoms with van der Waals surface area (Å²) >= 11 is 0. The van der Waals surface area contributed by atoms with Crippen LogP contribution < -0.4 is 0 Å². The van der Waals surface area contributed by atoms with Crippen LogP contribution in [-0.2, 0) is 15.3 Å². The number of aromatic amines is 1. The fraction of sp³-hybridized carbons (Fsp3) is 0.529. The monoisotopic (exact) mass is 325 g/mol. The Kier molecular flexibility index (Phi) is 4.15. The summed E-state index contributed by atoms with van der Waals surface area (Å²) < 4.78 is 37.8. The summed E-state index contributed by atoms with van der Waals surface area (Å²) in [6.07, 6.45) is 1.18. The number of nitrogens with one attached hydrogen (secondary N) is 1. The second-order valence-corrected chi connectivity index (χ2v) is 9.29. The van der Waals surface area contributed by atoms with E-state index in [4.69, 9.17) is 0 Å². The Bertz CT molecular complexity index is 817. The van der Waals surface area contributed by atoms with Crippen molar-refractivity contribution in [3.63, 3.8) is 0 Å². The number of H-pyrrole nitrogens is 1. The van der Waals surface area contributed by atoms with Crippen molar-refractivity contribution in [3.8, 4) is 0 Å². The number of hydrogen-bond donors (Lipinski definition) is 1. The predicted molar refractivity (Wildman–Crippen MR) is 89.8 cm³/mol. The largest absolute Gasteiger partial charge is 0.358 e. The lowest BCUT2D eigenvalue weighted by Gasteiger charge is -2.24. The third-order valence-electron chi connectivity index (χ3n) is 4.11. The van der Waals surface area contributed by atoms with Crippen LogP contribution in [0.1, 0.15) is 50.4 Å². The molecule has 2 aromatic rings. The van der Waals surface area contributed by atoms with Gasteiger partial charge in [-0.15, -0.1) is 0 Å². The van der Waals surface area contributed by atoms with E-state index in [9.17, 15) is 12.8 Å². The highest BCUT2D eigenvalue weighted by Crippen LogP contribution is 2.34. The van der Waals surface area contributed by atoms with Crippen LogP contribution in [0.25, 0.3) is 10.9 Å². The summed E-state index contributed by atoms with van der Waals surface area (Å²) in [5, 5.41) is 0.861. The van der Waals surface area contributed by atoms with Gasteiger partial charge in [-0.1, -0.05) is 27.7 Å². The molecule has 0 saturated carbocycles. The first-order valence-electron chi connectivity index (χ1n) is 7.42. The van der Waals surface area contributed by atoms with Gasteiger partial charge in [0.1, 0.15) is 15.7 Å². The van der Waals surface area contributed by atoms with Gasteiger partial charge in [-0.2, -0.15) is 0 Å². The van der Waals surface area contributed by atoms with Gasteiger partial charge in [-0.05, 0) is 36.1 Å². The number of aryl methyl sites for hydroxylation is 1. The molecule has 0 bridgehead atoms. The van der Waals surface area contributed by atoms with Crippen LogP contribution in [0, 0.1) is 12.7 Å². The fourth-order valence-electron chi connectivity index (χ4n) is 3.20. The Labute approximate surface area is 131 Å². The minimum atomic E-state index is -3.19. The summed E-state index contributed by atoms with van der Waals surface area (Å²) in [6, 6.07) is 3.28. The molecule has 1 aromatic heterocycles. The third kappa shape index (κ3) is 3.19. The highest BCUT2D eigenvalue weighted by Gasteiger charge is 2.29. The molecule has 1 N–H and O–H groups in total. The van der Waals surface area contributed by atoms with Gasteiger partial charge in [0, 0.05) is 28.3 Å². The molecular weight excluding hydrogens is 301 g/mol. The Balaban J connectivity index is 2.64. The summed E-state index contributed by atoms with van der Waals surface area (Å²) in [7, 11) is -3.19. The van der Waals surface area contributed by atoms with Gasteiger partial charge in [0.05, 0.1) is 5.75 Å². The van der Waals surface area contributed by atoms with E-state index in [0.717, 1.165) is 22.2 Å². The zero-order chi connectivity index (χ0) is 16.9. The van der Waals surface area contributed by atoms with E-state index >= 15 is 0 Å². The third-order valence-corrected chi connectivity index (χ3v) is 5.36. The van der Waals surface area contributed by atoms with Gasteiger partial charge < -0.3 is 4.98 Å².